The van der Waals surface area contributed by atoms with Gasteiger partial charge in [0.15, 0.2) is 5.01 Å². The van der Waals surface area contributed by atoms with Crippen molar-refractivity contribution in [3.63, 3.8) is 0 Å². The fraction of sp³-hybridized carbons (Fsp3) is 0.0588. The highest BCUT2D eigenvalue weighted by Gasteiger charge is 2.16. The van der Waals surface area contributed by atoms with Gasteiger partial charge in [0.2, 0.25) is 16.5 Å². The molecule has 0 aliphatic heterocycles. The minimum atomic E-state index is -0.361. The second kappa shape index (κ2) is 6.90. The second-order valence-corrected chi connectivity index (χ2v) is 6.30. The first-order valence-electron chi connectivity index (χ1n) is 7.06. The summed E-state index contributed by atoms with van der Waals surface area (Å²) in [5.41, 5.74) is 1.20. The maximum Gasteiger partial charge on any atom is 0.245 e. The molecule has 0 aliphatic rings. The van der Waals surface area contributed by atoms with Crippen LogP contribution in [0.1, 0.15) is 22.3 Å². The monoisotopic (exact) mass is 357 g/mol. The molecule has 0 fully saturated rings. The minimum absolute atomic E-state index is 0.215. The Kier molecular flexibility index (Phi) is 4.69. The molecule has 2 aromatic carbocycles. The van der Waals surface area contributed by atoms with Crippen LogP contribution in [-0.2, 0) is 4.79 Å². The number of hydrogen-bond acceptors (Lipinski definition) is 4. The van der Waals surface area contributed by atoms with E-state index in [0.29, 0.717) is 21.1 Å². The molecule has 0 unspecified atom stereocenters. The molecule has 5 nitrogen and oxygen atoms in total. The molecule has 0 N–H and O–H groups in total. The summed E-state index contributed by atoms with van der Waals surface area (Å²) < 4.78 is 1.47. The van der Waals surface area contributed by atoms with E-state index in [0.717, 1.165) is 11.3 Å². The molecule has 7 heteroatoms. The zero-order valence-electron chi connectivity index (χ0n) is 12.6. The molecule has 1 heterocycles. The van der Waals surface area contributed by atoms with Gasteiger partial charge in [-0.25, -0.2) is 4.68 Å². The number of hydrogen-bond donors (Lipinski definition) is 0. The van der Waals surface area contributed by atoms with Gasteiger partial charge in [-0.3, -0.25) is 9.59 Å². The number of benzene rings is 2. The van der Waals surface area contributed by atoms with Crippen molar-refractivity contribution in [2.24, 2.45) is 4.99 Å². The van der Waals surface area contributed by atoms with E-state index in [1.54, 1.807) is 48.5 Å². The van der Waals surface area contributed by atoms with Gasteiger partial charge in [0.05, 0.1) is 5.69 Å². The molecule has 3 aromatic rings. The van der Waals surface area contributed by atoms with Crippen LogP contribution in [0.15, 0.2) is 59.6 Å². The molecule has 24 heavy (non-hydrogen) atoms. The summed E-state index contributed by atoms with van der Waals surface area (Å²) in [6.45, 7) is 1.35. The normalized spacial score (nSPS) is 11.5. The van der Waals surface area contributed by atoms with E-state index >= 15 is 0 Å². The standard InChI is InChI=1S/C17H12ClN3O2S/c1-11(22)19-17-21(14-9-7-13(18)8-10-14)20-16(24-17)15(23)12-5-3-2-4-6-12/h2-10H,1H3. The Morgan fingerprint density at radius 1 is 1.08 bits per heavy atom. The second-order valence-electron chi connectivity index (χ2n) is 4.90. The molecule has 0 radical (unpaired) electrons. The number of carbonyl (C=O) groups excluding carboxylic acids is 2. The van der Waals surface area contributed by atoms with Crippen molar-refractivity contribution in [2.75, 3.05) is 0 Å². The van der Waals surface area contributed by atoms with E-state index in [1.807, 2.05) is 6.07 Å². The highest BCUT2D eigenvalue weighted by atomic mass is 35.5. The lowest BCUT2D eigenvalue weighted by Gasteiger charge is -2.00. The van der Waals surface area contributed by atoms with Crippen LogP contribution in [0.2, 0.25) is 5.02 Å². The first-order chi connectivity index (χ1) is 11.5. The van der Waals surface area contributed by atoms with Crippen LogP contribution in [0, 0.1) is 0 Å². The highest BCUT2D eigenvalue weighted by molar-refractivity contribution is 7.11. The van der Waals surface area contributed by atoms with Crippen LogP contribution in [0.5, 0.6) is 0 Å². The van der Waals surface area contributed by atoms with Gasteiger partial charge in [-0.1, -0.05) is 53.3 Å². The summed E-state index contributed by atoms with van der Waals surface area (Å²) in [4.78, 5) is 28.2. The summed E-state index contributed by atoms with van der Waals surface area (Å²) in [5, 5.41) is 5.18. The summed E-state index contributed by atoms with van der Waals surface area (Å²) in [6, 6.07) is 15.8. The molecular formula is C17H12ClN3O2S. The number of aromatic nitrogens is 2. The lowest BCUT2D eigenvalue weighted by molar-refractivity contribution is -0.116. The SMILES string of the molecule is CC(=O)N=c1sc(C(=O)c2ccccc2)nn1-c1ccc(Cl)cc1. The molecule has 120 valence electrons. The van der Waals surface area contributed by atoms with Crippen LogP contribution in [0.3, 0.4) is 0 Å². The summed E-state index contributed by atoms with van der Waals surface area (Å²) in [7, 11) is 0. The summed E-state index contributed by atoms with van der Waals surface area (Å²) in [5.74, 6) is -0.576. The lowest BCUT2D eigenvalue weighted by atomic mass is 10.1. The Hall–Kier alpha value is -2.57. The highest BCUT2D eigenvalue weighted by Crippen LogP contribution is 2.15. The van der Waals surface area contributed by atoms with E-state index in [9.17, 15) is 9.59 Å². The van der Waals surface area contributed by atoms with E-state index in [4.69, 9.17) is 11.6 Å². The van der Waals surface area contributed by atoms with Crippen LogP contribution in [0.4, 0.5) is 0 Å². The number of rotatable bonds is 3. The summed E-state index contributed by atoms with van der Waals surface area (Å²) >= 11 is 6.97. The average Bonchev–Trinajstić information content (AvgIpc) is 2.98. The predicted octanol–water partition coefficient (Wildman–Crippen LogP) is 3.27. The van der Waals surface area contributed by atoms with E-state index in [2.05, 4.69) is 10.1 Å². The third-order valence-electron chi connectivity index (χ3n) is 3.11. The zero-order valence-corrected chi connectivity index (χ0v) is 14.2. The number of ketones is 1. The maximum absolute atomic E-state index is 12.6. The number of nitrogens with zero attached hydrogens (tertiary/aromatic N) is 3. The van der Waals surface area contributed by atoms with Crippen molar-refractivity contribution < 1.29 is 9.59 Å². The Morgan fingerprint density at radius 2 is 1.75 bits per heavy atom. The largest absolute Gasteiger partial charge is 0.286 e. The van der Waals surface area contributed by atoms with E-state index in [-0.39, 0.29) is 16.7 Å². The van der Waals surface area contributed by atoms with Gasteiger partial charge < -0.3 is 0 Å². The molecule has 0 bridgehead atoms. The van der Waals surface area contributed by atoms with Gasteiger partial charge in [-0.05, 0) is 24.3 Å². The van der Waals surface area contributed by atoms with Gasteiger partial charge in [-0.15, -0.1) is 0 Å². The molecule has 0 spiro atoms. The first-order valence-corrected chi connectivity index (χ1v) is 8.25. The van der Waals surface area contributed by atoms with Gasteiger partial charge in [-0.2, -0.15) is 10.1 Å². The quantitative estimate of drug-likeness (QED) is 0.676. The summed E-state index contributed by atoms with van der Waals surface area (Å²) in [6.07, 6.45) is 0. The third kappa shape index (κ3) is 3.50. The van der Waals surface area contributed by atoms with Gasteiger partial charge in [0.25, 0.3) is 0 Å². The van der Waals surface area contributed by atoms with Gasteiger partial charge in [0.1, 0.15) is 0 Å². The maximum atomic E-state index is 12.6. The fourth-order valence-corrected chi connectivity index (χ4v) is 3.08. The molecule has 0 saturated heterocycles. The first kappa shape index (κ1) is 16.3. The van der Waals surface area contributed by atoms with Crippen molar-refractivity contribution in [3.8, 4) is 5.69 Å². The molecular weight excluding hydrogens is 346 g/mol. The van der Waals surface area contributed by atoms with Crippen molar-refractivity contribution >= 4 is 34.6 Å². The molecule has 1 aromatic heterocycles. The number of carbonyl (C=O) groups is 2. The average molecular weight is 358 g/mol. The zero-order chi connectivity index (χ0) is 17.1. The lowest BCUT2D eigenvalue weighted by Crippen LogP contribution is -2.15. The Bertz CT molecular complexity index is 960. The van der Waals surface area contributed by atoms with Crippen LogP contribution in [-0.4, -0.2) is 21.5 Å². The van der Waals surface area contributed by atoms with E-state index < -0.39 is 0 Å². The Balaban J connectivity index is 2.12. The van der Waals surface area contributed by atoms with Crippen molar-refractivity contribution in [1.29, 1.82) is 0 Å². The van der Waals surface area contributed by atoms with Crippen LogP contribution in [0.25, 0.3) is 5.69 Å². The van der Waals surface area contributed by atoms with E-state index in [1.165, 1.54) is 11.6 Å². The van der Waals surface area contributed by atoms with Gasteiger partial charge >= 0.3 is 0 Å². The fourth-order valence-electron chi connectivity index (χ4n) is 2.04. The van der Waals surface area contributed by atoms with Crippen LogP contribution >= 0.6 is 22.9 Å². The molecule has 0 atom stereocenters. The molecule has 0 aliphatic carbocycles. The smallest absolute Gasteiger partial charge is 0.245 e. The Labute approximate surface area is 146 Å². The van der Waals surface area contributed by atoms with Gasteiger partial charge in [0, 0.05) is 17.5 Å². The topological polar surface area (TPSA) is 64.3 Å². The molecule has 3 rings (SSSR count). The minimum Gasteiger partial charge on any atom is -0.286 e. The van der Waals surface area contributed by atoms with Crippen molar-refractivity contribution in [3.05, 3.63) is 75.0 Å². The number of halogens is 1. The molecule has 1 amide bonds. The van der Waals surface area contributed by atoms with Crippen LogP contribution < -0.4 is 4.80 Å². The predicted molar refractivity (Wildman–Crippen MR) is 92.6 cm³/mol. The molecule has 0 saturated carbocycles. The number of amides is 1. The Morgan fingerprint density at radius 3 is 2.38 bits per heavy atom. The van der Waals surface area contributed by atoms with Crippen molar-refractivity contribution in [2.45, 2.75) is 6.92 Å². The third-order valence-corrected chi connectivity index (χ3v) is 4.27. The van der Waals surface area contributed by atoms with Crippen molar-refractivity contribution in [1.82, 2.24) is 9.78 Å².